The molecule has 1 aliphatic heterocycles. The Hall–Kier alpha value is -1.62. The summed E-state index contributed by atoms with van der Waals surface area (Å²) < 4.78 is 13.0. The fourth-order valence-electron chi connectivity index (χ4n) is 4.03. The van der Waals surface area contributed by atoms with Gasteiger partial charge >= 0.3 is 0 Å². The molecule has 0 bridgehead atoms. The molecule has 1 saturated carbocycles. The zero-order chi connectivity index (χ0) is 17.6. The number of hydrogen-bond acceptors (Lipinski definition) is 3. The third kappa shape index (κ3) is 4.94. The Morgan fingerprint density at radius 2 is 1.72 bits per heavy atom. The van der Waals surface area contributed by atoms with Gasteiger partial charge in [-0.1, -0.05) is 6.92 Å². The van der Waals surface area contributed by atoms with Crippen LogP contribution < -0.4 is 5.32 Å². The predicted octanol–water partition coefficient (Wildman–Crippen LogP) is 3.35. The molecule has 0 spiro atoms. The Labute approximate surface area is 150 Å². The fraction of sp³-hybridized carbons (Fsp3) is 0.650. The Morgan fingerprint density at radius 3 is 2.32 bits per heavy atom. The van der Waals surface area contributed by atoms with Gasteiger partial charge in [0.05, 0.1) is 0 Å². The molecule has 1 aromatic carbocycles. The first-order valence-electron chi connectivity index (χ1n) is 9.69. The molecule has 1 aromatic rings. The molecular formula is C20H30FN3O. The van der Waals surface area contributed by atoms with Crippen molar-refractivity contribution in [1.82, 2.24) is 9.80 Å². The number of carbonyl (C=O) groups excluding carboxylic acids is 1. The first kappa shape index (κ1) is 18.2. The highest BCUT2D eigenvalue weighted by atomic mass is 19.1. The van der Waals surface area contributed by atoms with Crippen molar-refractivity contribution in [2.45, 2.75) is 45.1 Å². The number of piperazine rings is 1. The van der Waals surface area contributed by atoms with Gasteiger partial charge < -0.3 is 10.2 Å². The van der Waals surface area contributed by atoms with E-state index in [4.69, 9.17) is 0 Å². The van der Waals surface area contributed by atoms with Gasteiger partial charge in [-0.25, -0.2) is 4.39 Å². The average Bonchev–Trinajstić information content (AvgIpc) is 2.65. The van der Waals surface area contributed by atoms with Gasteiger partial charge in [-0.15, -0.1) is 0 Å². The average molecular weight is 347 g/mol. The summed E-state index contributed by atoms with van der Waals surface area (Å²) >= 11 is 0. The first-order chi connectivity index (χ1) is 12.2. The lowest BCUT2D eigenvalue weighted by atomic mass is 9.85. The van der Waals surface area contributed by atoms with Crippen molar-refractivity contribution in [3.05, 3.63) is 30.1 Å². The minimum atomic E-state index is -0.209. The molecule has 1 N–H and O–H groups in total. The summed E-state index contributed by atoms with van der Waals surface area (Å²) in [4.78, 5) is 17.3. The van der Waals surface area contributed by atoms with E-state index in [-0.39, 0.29) is 11.7 Å². The molecule has 0 unspecified atom stereocenters. The van der Waals surface area contributed by atoms with Crippen LogP contribution in [0.5, 0.6) is 0 Å². The number of rotatable bonds is 5. The molecule has 1 aliphatic carbocycles. The smallest absolute Gasteiger partial charge is 0.225 e. The van der Waals surface area contributed by atoms with Crippen molar-refractivity contribution in [3.8, 4) is 0 Å². The van der Waals surface area contributed by atoms with Gasteiger partial charge in [0.2, 0.25) is 5.91 Å². The van der Waals surface area contributed by atoms with Crippen LogP contribution in [0.1, 0.15) is 39.0 Å². The molecule has 2 fully saturated rings. The number of nitrogens with zero attached hydrogens (tertiary/aromatic N) is 2. The van der Waals surface area contributed by atoms with Gasteiger partial charge in [-0.05, 0) is 62.9 Å². The van der Waals surface area contributed by atoms with Crippen LogP contribution in [-0.2, 0) is 4.79 Å². The van der Waals surface area contributed by atoms with Crippen LogP contribution in [0.15, 0.2) is 24.3 Å². The molecule has 0 radical (unpaired) electrons. The van der Waals surface area contributed by atoms with E-state index in [1.165, 1.54) is 18.6 Å². The number of benzene rings is 1. The third-order valence-electron chi connectivity index (χ3n) is 5.52. The minimum Gasteiger partial charge on any atom is -0.382 e. The van der Waals surface area contributed by atoms with Crippen LogP contribution in [0.3, 0.4) is 0 Å². The van der Waals surface area contributed by atoms with Crippen LogP contribution in [0.2, 0.25) is 0 Å². The summed E-state index contributed by atoms with van der Waals surface area (Å²) in [6, 6.07) is 6.91. The van der Waals surface area contributed by atoms with Crippen LogP contribution in [0.4, 0.5) is 10.1 Å². The number of amides is 1. The second-order valence-corrected chi connectivity index (χ2v) is 7.37. The maximum absolute atomic E-state index is 13.0. The molecular weight excluding hydrogens is 317 g/mol. The van der Waals surface area contributed by atoms with Gasteiger partial charge in [0.25, 0.3) is 0 Å². The van der Waals surface area contributed by atoms with Crippen molar-refractivity contribution in [2.75, 3.05) is 38.0 Å². The lowest BCUT2D eigenvalue weighted by Gasteiger charge is -2.38. The van der Waals surface area contributed by atoms with Gasteiger partial charge in [-0.2, -0.15) is 0 Å². The summed E-state index contributed by atoms with van der Waals surface area (Å²) in [5.74, 6) is 0.333. The molecule has 5 heteroatoms. The lowest BCUT2D eigenvalue weighted by Crippen LogP contribution is -2.50. The second-order valence-electron chi connectivity index (χ2n) is 7.37. The van der Waals surface area contributed by atoms with E-state index in [1.54, 1.807) is 12.1 Å². The normalized spacial score (nSPS) is 25.0. The summed E-state index contributed by atoms with van der Waals surface area (Å²) in [5, 5.41) is 3.47. The highest BCUT2D eigenvalue weighted by Crippen LogP contribution is 2.28. The molecule has 1 amide bonds. The van der Waals surface area contributed by atoms with Gasteiger partial charge in [-0.3, -0.25) is 9.69 Å². The molecule has 2 aliphatic rings. The molecule has 25 heavy (non-hydrogen) atoms. The van der Waals surface area contributed by atoms with Crippen LogP contribution in [0.25, 0.3) is 0 Å². The Kier molecular flexibility index (Phi) is 6.29. The van der Waals surface area contributed by atoms with E-state index in [0.717, 1.165) is 64.1 Å². The van der Waals surface area contributed by atoms with Crippen LogP contribution in [-0.4, -0.2) is 54.5 Å². The van der Waals surface area contributed by atoms with E-state index in [0.29, 0.717) is 11.9 Å². The van der Waals surface area contributed by atoms with Crippen molar-refractivity contribution in [1.29, 1.82) is 0 Å². The van der Waals surface area contributed by atoms with Gasteiger partial charge in [0.1, 0.15) is 5.82 Å². The zero-order valence-corrected chi connectivity index (χ0v) is 15.2. The standard InChI is InChI=1S/C20H30FN3O/c1-2-11-23-12-14-24(15-13-23)20(25)16-3-7-18(8-4-16)22-19-9-5-17(21)6-10-19/h5-6,9-10,16,18,22H,2-4,7-8,11-15H2,1H3. The van der Waals surface area contributed by atoms with Gasteiger partial charge in [0, 0.05) is 43.8 Å². The van der Waals surface area contributed by atoms with Crippen LogP contribution in [0, 0.1) is 11.7 Å². The number of nitrogens with one attached hydrogen (secondary N) is 1. The molecule has 1 saturated heterocycles. The van der Waals surface area contributed by atoms with Gasteiger partial charge in [0.15, 0.2) is 0 Å². The summed E-state index contributed by atoms with van der Waals surface area (Å²) in [5.41, 5.74) is 0.961. The molecule has 3 rings (SSSR count). The minimum absolute atomic E-state index is 0.184. The highest BCUT2D eigenvalue weighted by Gasteiger charge is 2.30. The topological polar surface area (TPSA) is 35.6 Å². The first-order valence-corrected chi connectivity index (χ1v) is 9.69. The quantitative estimate of drug-likeness (QED) is 0.887. The molecule has 1 heterocycles. The lowest BCUT2D eigenvalue weighted by molar-refractivity contribution is -0.138. The predicted molar refractivity (Wildman–Crippen MR) is 99.1 cm³/mol. The van der Waals surface area contributed by atoms with Crippen molar-refractivity contribution in [3.63, 3.8) is 0 Å². The Morgan fingerprint density at radius 1 is 1.08 bits per heavy atom. The maximum atomic E-state index is 13.0. The van der Waals surface area contributed by atoms with Crippen molar-refractivity contribution >= 4 is 11.6 Å². The maximum Gasteiger partial charge on any atom is 0.225 e. The van der Waals surface area contributed by atoms with Crippen molar-refractivity contribution in [2.24, 2.45) is 5.92 Å². The summed E-state index contributed by atoms with van der Waals surface area (Å²) in [6.07, 6.45) is 5.09. The van der Waals surface area contributed by atoms with E-state index >= 15 is 0 Å². The second kappa shape index (κ2) is 8.65. The largest absolute Gasteiger partial charge is 0.382 e. The zero-order valence-electron chi connectivity index (χ0n) is 15.2. The SMILES string of the molecule is CCCN1CCN(C(=O)C2CCC(Nc3ccc(F)cc3)CC2)CC1. The molecule has 0 aromatic heterocycles. The fourth-order valence-corrected chi connectivity index (χ4v) is 4.03. The van der Waals surface area contributed by atoms with E-state index in [2.05, 4.69) is 22.0 Å². The number of carbonyl (C=O) groups is 1. The molecule has 4 nitrogen and oxygen atoms in total. The number of anilines is 1. The highest BCUT2D eigenvalue weighted by molar-refractivity contribution is 5.79. The van der Waals surface area contributed by atoms with Crippen molar-refractivity contribution < 1.29 is 9.18 Å². The monoisotopic (exact) mass is 347 g/mol. The molecule has 0 atom stereocenters. The summed E-state index contributed by atoms with van der Waals surface area (Å²) in [7, 11) is 0. The molecule has 138 valence electrons. The number of halogens is 1. The van der Waals surface area contributed by atoms with Crippen LogP contribution >= 0.6 is 0 Å². The van der Waals surface area contributed by atoms with E-state index in [1.807, 2.05) is 0 Å². The third-order valence-corrected chi connectivity index (χ3v) is 5.52. The summed E-state index contributed by atoms with van der Waals surface area (Å²) in [6.45, 7) is 7.14. The Bertz CT molecular complexity index is 547. The van der Waals surface area contributed by atoms with E-state index < -0.39 is 0 Å². The Balaban J connectivity index is 1.42. The van der Waals surface area contributed by atoms with E-state index in [9.17, 15) is 9.18 Å². The number of hydrogen-bond donors (Lipinski definition) is 1.